The van der Waals surface area contributed by atoms with Gasteiger partial charge in [-0.25, -0.2) is 5.43 Å². The SMILES string of the molecule is Cc1ccccc1C(=O)N/N=C\c1ccccc1OCc1ccc(Cl)cc1. The number of carbonyl (C=O) groups is 1. The second-order valence-corrected chi connectivity index (χ2v) is 6.40. The maximum Gasteiger partial charge on any atom is 0.271 e. The number of hydrogen-bond donors (Lipinski definition) is 1. The van der Waals surface area contributed by atoms with E-state index in [1.54, 1.807) is 12.3 Å². The molecule has 0 aliphatic carbocycles. The van der Waals surface area contributed by atoms with Crippen molar-refractivity contribution in [1.82, 2.24) is 5.43 Å². The number of para-hydroxylation sites is 1. The van der Waals surface area contributed by atoms with E-state index in [1.165, 1.54) is 0 Å². The zero-order valence-electron chi connectivity index (χ0n) is 14.9. The largest absolute Gasteiger partial charge is 0.488 e. The molecule has 0 unspecified atom stereocenters. The highest BCUT2D eigenvalue weighted by Gasteiger charge is 2.07. The number of amides is 1. The number of hydrogen-bond acceptors (Lipinski definition) is 3. The van der Waals surface area contributed by atoms with Gasteiger partial charge in [0.05, 0.1) is 6.21 Å². The van der Waals surface area contributed by atoms with E-state index in [4.69, 9.17) is 16.3 Å². The Balaban J connectivity index is 1.65. The fourth-order valence-electron chi connectivity index (χ4n) is 2.51. The van der Waals surface area contributed by atoms with Crippen LogP contribution in [0.5, 0.6) is 5.75 Å². The summed E-state index contributed by atoms with van der Waals surface area (Å²) in [6.45, 7) is 2.30. The standard InChI is InChI=1S/C22H19ClN2O2/c1-16-6-2-4-8-20(16)22(26)25-24-14-18-7-3-5-9-21(18)27-15-17-10-12-19(23)13-11-17/h2-14H,15H2,1H3,(H,25,26)/b24-14-. The van der Waals surface area contributed by atoms with Gasteiger partial charge in [-0.05, 0) is 48.4 Å². The molecule has 27 heavy (non-hydrogen) atoms. The van der Waals surface area contributed by atoms with Crippen molar-refractivity contribution in [2.75, 3.05) is 0 Å². The molecule has 1 N–H and O–H groups in total. The molecule has 0 heterocycles. The number of halogens is 1. The average Bonchev–Trinajstić information content (AvgIpc) is 2.68. The van der Waals surface area contributed by atoms with E-state index in [0.29, 0.717) is 22.9 Å². The van der Waals surface area contributed by atoms with Crippen molar-refractivity contribution in [3.8, 4) is 5.75 Å². The molecule has 3 rings (SSSR count). The molecule has 0 bridgehead atoms. The number of ether oxygens (including phenoxy) is 1. The van der Waals surface area contributed by atoms with Crippen molar-refractivity contribution in [2.24, 2.45) is 5.10 Å². The summed E-state index contributed by atoms with van der Waals surface area (Å²) in [6, 6.07) is 22.4. The second kappa shape index (κ2) is 9.01. The predicted octanol–water partition coefficient (Wildman–Crippen LogP) is 4.99. The smallest absolute Gasteiger partial charge is 0.271 e. The zero-order valence-corrected chi connectivity index (χ0v) is 15.6. The summed E-state index contributed by atoms with van der Waals surface area (Å²) in [4.78, 5) is 12.2. The lowest BCUT2D eigenvalue weighted by molar-refractivity contribution is 0.0954. The molecule has 0 aliphatic heterocycles. The Morgan fingerprint density at radius 1 is 1.04 bits per heavy atom. The van der Waals surface area contributed by atoms with E-state index < -0.39 is 0 Å². The third-order valence-electron chi connectivity index (χ3n) is 3.99. The highest BCUT2D eigenvalue weighted by molar-refractivity contribution is 6.30. The minimum Gasteiger partial charge on any atom is -0.488 e. The van der Waals surface area contributed by atoms with E-state index in [0.717, 1.165) is 16.7 Å². The molecule has 0 spiro atoms. The van der Waals surface area contributed by atoms with Crippen LogP contribution in [0.4, 0.5) is 0 Å². The lowest BCUT2D eigenvalue weighted by Gasteiger charge is -2.09. The van der Waals surface area contributed by atoms with Gasteiger partial charge in [-0.3, -0.25) is 4.79 Å². The number of benzene rings is 3. The molecule has 0 saturated carbocycles. The van der Waals surface area contributed by atoms with E-state index in [1.807, 2.05) is 73.7 Å². The fraction of sp³-hybridized carbons (Fsp3) is 0.0909. The molecular formula is C22H19ClN2O2. The van der Waals surface area contributed by atoms with Crippen molar-refractivity contribution in [2.45, 2.75) is 13.5 Å². The lowest BCUT2D eigenvalue weighted by Crippen LogP contribution is -2.18. The number of nitrogens with one attached hydrogen (secondary N) is 1. The number of carbonyl (C=O) groups excluding carboxylic acids is 1. The van der Waals surface area contributed by atoms with Crippen LogP contribution in [0, 0.1) is 6.92 Å². The van der Waals surface area contributed by atoms with E-state index in [-0.39, 0.29) is 5.91 Å². The Morgan fingerprint density at radius 3 is 2.52 bits per heavy atom. The molecule has 136 valence electrons. The Bertz CT molecular complexity index is 953. The Hall–Kier alpha value is -3.11. The topological polar surface area (TPSA) is 50.7 Å². The van der Waals surface area contributed by atoms with Crippen LogP contribution >= 0.6 is 11.6 Å². The van der Waals surface area contributed by atoms with Gasteiger partial charge in [-0.1, -0.05) is 54.1 Å². The highest BCUT2D eigenvalue weighted by Crippen LogP contribution is 2.18. The van der Waals surface area contributed by atoms with E-state index in [9.17, 15) is 4.79 Å². The predicted molar refractivity (Wildman–Crippen MR) is 108 cm³/mol. The average molecular weight is 379 g/mol. The molecule has 4 nitrogen and oxygen atoms in total. The minimum absolute atomic E-state index is 0.246. The van der Waals surface area contributed by atoms with Gasteiger partial charge in [0, 0.05) is 16.1 Å². The third-order valence-corrected chi connectivity index (χ3v) is 4.24. The lowest BCUT2D eigenvalue weighted by atomic mass is 10.1. The van der Waals surface area contributed by atoms with Crippen LogP contribution in [-0.2, 0) is 6.61 Å². The molecule has 0 atom stereocenters. The second-order valence-electron chi connectivity index (χ2n) is 5.97. The third kappa shape index (κ3) is 5.19. The summed E-state index contributed by atoms with van der Waals surface area (Å²) in [5.74, 6) is 0.435. The van der Waals surface area contributed by atoms with E-state index >= 15 is 0 Å². The summed E-state index contributed by atoms with van der Waals surface area (Å²) in [5, 5.41) is 4.75. The monoisotopic (exact) mass is 378 g/mol. The van der Waals surface area contributed by atoms with Crippen molar-refractivity contribution in [3.05, 3.63) is 100 Å². The van der Waals surface area contributed by atoms with E-state index in [2.05, 4.69) is 10.5 Å². The summed E-state index contributed by atoms with van der Waals surface area (Å²) in [7, 11) is 0. The molecule has 0 aromatic heterocycles. The first-order chi connectivity index (χ1) is 13.1. The summed E-state index contributed by atoms with van der Waals surface area (Å²) in [6.07, 6.45) is 1.58. The summed E-state index contributed by atoms with van der Waals surface area (Å²) < 4.78 is 5.88. The molecule has 0 radical (unpaired) electrons. The first-order valence-corrected chi connectivity index (χ1v) is 8.86. The Labute approximate surface area is 163 Å². The Morgan fingerprint density at radius 2 is 1.74 bits per heavy atom. The molecule has 1 amide bonds. The van der Waals surface area contributed by atoms with Crippen molar-refractivity contribution in [1.29, 1.82) is 0 Å². The quantitative estimate of drug-likeness (QED) is 0.485. The van der Waals surface area contributed by atoms with Gasteiger partial charge in [0.1, 0.15) is 12.4 Å². The van der Waals surface area contributed by atoms with Gasteiger partial charge in [0.25, 0.3) is 5.91 Å². The fourth-order valence-corrected chi connectivity index (χ4v) is 2.63. The first-order valence-electron chi connectivity index (χ1n) is 8.49. The number of rotatable bonds is 6. The number of hydrazone groups is 1. The molecule has 0 aliphatic rings. The van der Waals surface area contributed by atoms with Crippen LogP contribution in [0.1, 0.15) is 27.0 Å². The molecule has 5 heteroatoms. The summed E-state index contributed by atoms with van der Waals surface area (Å²) >= 11 is 5.90. The highest BCUT2D eigenvalue weighted by atomic mass is 35.5. The van der Waals surface area contributed by atoms with Crippen molar-refractivity contribution >= 4 is 23.7 Å². The van der Waals surface area contributed by atoms with Crippen LogP contribution in [-0.4, -0.2) is 12.1 Å². The van der Waals surface area contributed by atoms with Crippen LogP contribution in [0.2, 0.25) is 5.02 Å². The van der Waals surface area contributed by atoms with Gasteiger partial charge in [-0.15, -0.1) is 0 Å². The zero-order chi connectivity index (χ0) is 19.1. The van der Waals surface area contributed by atoms with Crippen LogP contribution in [0.15, 0.2) is 77.9 Å². The normalized spacial score (nSPS) is 10.7. The Kier molecular flexibility index (Phi) is 6.23. The summed E-state index contributed by atoms with van der Waals surface area (Å²) in [5.41, 5.74) is 5.84. The van der Waals surface area contributed by atoms with Crippen LogP contribution in [0.3, 0.4) is 0 Å². The van der Waals surface area contributed by atoms with Crippen LogP contribution in [0.25, 0.3) is 0 Å². The van der Waals surface area contributed by atoms with Crippen molar-refractivity contribution in [3.63, 3.8) is 0 Å². The molecule has 3 aromatic carbocycles. The van der Waals surface area contributed by atoms with Gasteiger partial charge >= 0.3 is 0 Å². The van der Waals surface area contributed by atoms with Gasteiger partial charge < -0.3 is 4.74 Å². The van der Waals surface area contributed by atoms with Crippen LogP contribution < -0.4 is 10.2 Å². The van der Waals surface area contributed by atoms with Crippen molar-refractivity contribution < 1.29 is 9.53 Å². The molecule has 3 aromatic rings. The minimum atomic E-state index is -0.246. The number of aryl methyl sites for hydroxylation is 1. The van der Waals surface area contributed by atoms with Gasteiger partial charge in [0.15, 0.2) is 0 Å². The van der Waals surface area contributed by atoms with Gasteiger partial charge in [-0.2, -0.15) is 5.10 Å². The maximum absolute atomic E-state index is 12.2. The molecule has 0 fully saturated rings. The van der Waals surface area contributed by atoms with Gasteiger partial charge in [0.2, 0.25) is 0 Å². The molecular weight excluding hydrogens is 360 g/mol. The maximum atomic E-state index is 12.2. The first kappa shape index (κ1) is 18.7. The number of nitrogens with zero attached hydrogens (tertiary/aromatic N) is 1. The molecule has 0 saturated heterocycles.